The Morgan fingerprint density at radius 1 is 1.00 bits per heavy atom. The van der Waals surface area contributed by atoms with Crippen LogP contribution in [0.15, 0.2) is 66.2 Å². The molecule has 0 aliphatic rings. The van der Waals surface area contributed by atoms with Gasteiger partial charge in [-0.3, -0.25) is 4.79 Å². The van der Waals surface area contributed by atoms with E-state index in [2.05, 4.69) is 5.32 Å². The lowest BCUT2D eigenvalue weighted by Crippen LogP contribution is -2.30. The summed E-state index contributed by atoms with van der Waals surface area (Å²) >= 11 is 0. The molecule has 0 aliphatic heterocycles. The van der Waals surface area contributed by atoms with Crippen molar-refractivity contribution in [1.82, 2.24) is 5.32 Å². The Morgan fingerprint density at radius 2 is 1.50 bits per heavy atom. The van der Waals surface area contributed by atoms with Gasteiger partial charge in [0.05, 0.1) is 0 Å². The molecule has 0 heterocycles. The molecular weight excluding hydrogens is 274 g/mol. The van der Waals surface area contributed by atoms with Gasteiger partial charge in [-0.1, -0.05) is 60.7 Å². The fraction of sp³-hybridized carbons (Fsp3) is 0.111. The van der Waals surface area contributed by atoms with Crippen LogP contribution in [0.3, 0.4) is 0 Å². The number of benzene rings is 2. The Morgan fingerprint density at radius 3 is 1.91 bits per heavy atom. The average Bonchev–Trinajstić information content (AvgIpc) is 2.59. The van der Waals surface area contributed by atoms with Crippen molar-refractivity contribution in [2.45, 2.75) is 0 Å². The van der Waals surface area contributed by atoms with Crippen LogP contribution in [0.5, 0.6) is 0 Å². The molecule has 0 saturated carbocycles. The van der Waals surface area contributed by atoms with Crippen LogP contribution in [-0.4, -0.2) is 19.0 Å². The van der Waals surface area contributed by atoms with Crippen LogP contribution < -0.4 is 11.1 Å². The molecule has 3 N–H and O–H groups in total. The van der Waals surface area contributed by atoms with Crippen molar-refractivity contribution < 1.29 is 4.79 Å². The van der Waals surface area contributed by atoms with E-state index in [1.807, 2.05) is 66.7 Å². The minimum atomic E-state index is -0.407. The molecule has 22 heavy (non-hydrogen) atoms. The van der Waals surface area contributed by atoms with Crippen molar-refractivity contribution in [2.24, 2.45) is 5.73 Å². The minimum absolute atomic E-state index is 0.0887. The number of nitrogens with zero attached hydrogens (tertiary/aromatic N) is 1. The summed E-state index contributed by atoms with van der Waals surface area (Å²) in [5, 5.41) is 12.1. The van der Waals surface area contributed by atoms with Gasteiger partial charge in [-0.25, -0.2) is 0 Å². The predicted octanol–water partition coefficient (Wildman–Crippen LogP) is 2.09. The number of carbonyl (C=O) groups is 1. The highest BCUT2D eigenvalue weighted by Crippen LogP contribution is 2.26. The molecule has 2 rings (SSSR count). The van der Waals surface area contributed by atoms with Crippen molar-refractivity contribution in [2.75, 3.05) is 13.1 Å². The Kier molecular flexibility index (Phi) is 5.47. The van der Waals surface area contributed by atoms with Crippen molar-refractivity contribution in [3.63, 3.8) is 0 Å². The van der Waals surface area contributed by atoms with Gasteiger partial charge in [0.25, 0.3) is 5.91 Å². The zero-order valence-corrected chi connectivity index (χ0v) is 12.1. The van der Waals surface area contributed by atoms with Crippen LogP contribution in [0.4, 0.5) is 0 Å². The summed E-state index contributed by atoms with van der Waals surface area (Å²) in [7, 11) is 0. The van der Waals surface area contributed by atoms with Crippen LogP contribution in [0.1, 0.15) is 11.1 Å². The smallest absolute Gasteiger partial charge is 0.262 e. The fourth-order valence-corrected chi connectivity index (χ4v) is 2.16. The Hall–Kier alpha value is -2.90. The molecule has 0 radical (unpaired) electrons. The Balaban J connectivity index is 2.59. The van der Waals surface area contributed by atoms with Gasteiger partial charge in [-0.05, 0) is 11.1 Å². The predicted molar refractivity (Wildman–Crippen MR) is 86.6 cm³/mol. The molecule has 4 heteroatoms. The summed E-state index contributed by atoms with van der Waals surface area (Å²) in [6, 6.07) is 20.9. The first-order valence-electron chi connectivity index (χ1n) is 7.01. The largest absolute Gasteiger partial charge is 0.350 e. The third kappa shape index (κ3) is 3.60. The Labute approximate surface area is 129 Å². The molecule has 0 aromatic heterocycles. The lowest BCUT2D eigenvalue weighted by atomic mass is 9.93. The molecule has 0 unspecified atom stereocenters. The molecule has 2 aromatic carbocycles. The maximum atomic E-state index is 12.3. The molecule has 110 valence electrons. The van der Waals surface area contributed by atoms with Gasteiger partial charge in [0, 0.05) is 18.7 Å². The second-order valence-corrected chi connectivity index (χ2v) is 4.64. The van der Waals surface area contributed by atoms with Crippen LogP contribution >= 0.6 is 0 Å². The van der Waals surface area contributed by atoms with E-state index in [1.54, 1.807) is 0 Å². The van der Waals surface area contributed by atoms with Gasteiger partial charge in [-0.15, -0.1) is 0 Å². The van der Waals surface area contributed by atoms with E-state index in [0.29, 0.717) is 18.7 Å². The number of hydrogen-bond donors (Lipinski definition) is 2. The van der Waals surface area contributed by atoms with Crippen molar-refractivity contribution in [3.05, 3.63) is 77.4 Å². The quantitative estimate of drug-likeness (QED) is 0.654. The van der Waals surface area contributed by atoms with E-state index in [-0.39, 0.29) is 5.57 Å². The molecule has 0 bridgehead atoms. The summed E-state index contributed by atoms with van der Waals surface area (Å²) in [5.74, 6) is -0.407. The molecule has 2 aromatic rings. The maximum absolute atomic E-state index is 12.3. The van der Waals surface area contributed by atoms with Gasteiger partial charge in [0.2, 0.25) is 0 Å². The number of amides is 1. The van der Waals surface area contributed by atoms with Crippen molar-refractivity contribution in [3.8, 4) is 6.07 Å². The highest BCUT2D eigenvalue weighted by molar-refractivity contribution is 6.07. The summed E-state index contributed by atoms with van der Waals surface area (Å²) in [6.07, 6.45) is 0. The normalized spacial score (nSPS) is 9.64. The van der Waals surface area contributed by atoms with Gasteiger partial charge in [0.15, 0.2) is 0 Å². The molecule has 0 fully saturated rings. The fourth-order valence-electron chi connectivity index (χ4n) is 2.16. The number of carbonyl (C=O) groups excluding carboxylic acids is 1. The monoisotopic (exact) mass is 291 g/mol. The SMILES string of the molecule is N#CC(C(=O)NCCN)=C(c1ccccc1)c1ccccc1. The molecule has 0 aliphatic carbocycles. The lowest BCUT2D eigenvalue weighted by Gasteiger charge is -2.12. The van der Waals surface area contributed by atoms with Crippen LogP contribution in [0.2, 0.25) is 0 Å². The molecule has 0 saturated heterocycles. The molecular formula is C18H17N3O. The van der Waals surface area contributed by atoms with Gasteiger partial charge < -0.3 is 11.1 Å². The van der Waals surface area contributed by atoms with E-state index in [1.165, 1.54) is 0 Å². The molecule has 0 spiro atoms. The molecule has 0 atom stereocenters. The van der Waals surface area contributed by atoms with Crippen molar-refractivity contribution >= 4 is 11.5 Å². The summed E-state index contributed by atoms with van der Waals surface area (Å²) < 4.78 is 0. The second kappa shape index (κ2) is 7.77. The number of hydrogen-bond acceptors (Lipinski definition) is 3. The standard InChI is InChI=1S/C18H17N3O/c19-11-12-21-18(22)16(13-20)17(14-7-3-1-4-8-14)15-9-5-2-6-10-15/h1-10H,11-12,19H2,(H,21,22). The maximum Gasteiger partial charge on any atom is 0.262 e. The number of nitriles is 1. The minimum Gasteiger partial charge on any atom is -0.350 e. The average molecular weight is 291 g/mol. The van der Waals surface area contributed by atoms with E-state index in [4.69, 9.17) is 5.73 Å². The summed E-state index contributed by atoms with van der Waals surface area (Å²) in [4.78, 5) is 12.3. The third-order valence-electron chi connectivity index (χ3n) is 3.14. The van der Waals surface area contributed by atoms with Crippen LogP contribution in [-0.2, 0) is 4.79 Å². The van der Waals surface area contributed by atoms with Crippen molar-refractivity contribution in [1.29, 1.82) is 5.26 Å². The summed E-state index contributed by atoms with van der Waals surface area (Å²) in [5.41, 5.74) is 7.77. The first-order valence-corrected chi connectivity index (χ1v) is 7.01. The number of rotatable bonds is 5. The highest BCUT2D eigenvalue weighted by Gasteiger charge is 2.17. The van der Waals surface area contributed by atoms with E-state index >= 15 is 0 Å². The summed E-state index contributed by atoms with van der Waals surface area (Å²) in [6.45, 7) is 0.664. The van der Waals surface area contributed by atoms with Gasteiger partial charge >= 0.3 is 0 Å². The van der Waals surface area contributed by atoms with Gasteiger partial charge in [0.1, 0.15) is 11.6 Å². The van der Waals surface area contributed by atoms with E-state index in [0.717, 1.165) is 11.1 Å². The second-order valence-electron chi connectivity index (χ2n) is 4.64. The van der Waals surface area contributed by atoms with E-state index < -0.39 is 5.91 Å². The number of nitrogens with one attached hydrogen (secondary N) is 1. The number of nitrogens with two attached hydrogens (primary N) is 1. The Bertz CT molecular complexity index is 659. The first kappa shape index (κ1) is 15.5. The molecule has 1 amide bonds. The first-order chi connectivity index (χ1) is 10.8. The van der Waals surface area contributed by atoms with Crippen LogP contribution in [0, 0.1) is 11.3 Å². The molecule has 4 nitrogen and oxygen atoms in total. The zero-order valence-electron chi connectivity index (χ0n) is 12.1. The topological polar surface area (TPSA) is 78.9 Å². The van der Waals surface area contributed by atoms with Gasteiger partial charge in [-0.2, -0.15) is 5.26 Å². The lowest BCUT2D eigenvalue weighted by molar-refractivity contribution is -0.117. The third-order valence-corrected chi connectivity index (χ3v) is 3.14. The zero-order chi connectivity index (χ0) is 15.8. The highest BCUT2D eigenvalue weighted by atomic mass is 16.1. The van der Waals surface area contributed by atoms with Crippen LogP contribution in [0.25, 0.3) is 5.57 Å². The van der Waals surface area contributed by atoms with E-state index in [9.17, 15) is 10.1 Å².